The highest BCUT2D eigenvalue weighted by Gasteiger charge is 2.13. The molecule has 3 rings (SSSR count). The van der Waals surface area contributed by atoms with Crippen LogP contribution >= 0.6 is 0 Å². The van der Waals surface area contributed by atoms with Gasteiger partial charge in [0.15, 0.2) is 29.7 Å². The summed E-state index contributed by atoms with van der Waals surface area (Å²) in [7, 11) is 0. The third-order valence-electron chi connectivity index (χ3n) is 3.50. The maximum Gasteiger partial charge on any atom is 0.277 e. The molecule has 1 N–H and O–H groups in total. The highest BCUT2D eigenvalue weighted by Crippen LogP contribution is 2.30. The first kappa shape index (κ1) is 16.8. The van der Waals surface area contributed by atoms with Gasteiger partial charge in [-0.2, -0.15) is 5.10 Å². The third-order valence-corrected chi connectivity index (χ3v) is 3.50. The van der Waals surface area contributed by atoms with Crippen LogP contribution in [-0.2, 0) is 4.79 Å². The number of halogens is 1. The summed E-state index contributed by atoms with van der Waals surface area (Å²) in [6, 6.07) is 11.3. The molecule has 2 aromatic rings. The quantitative estimate of drug-likeness (QED) is 0.668. The Kier molecular flexibility index (Phi) is 5.13. The Hall–Kier alpha value is -3.09. The van der Waals surface area contributed by atoms with Crippen LogP contribution in [0.15, 0.2) is 47.6 Å². The molecule has 0 radical (unpaired) electrons. The first-order valence-electron chi connectivity index (χ1n) is 7.74. The van der Waals surface area contributed by atoms with Crippen molar-refractivity contribution in [3.63, 3.8) is 0 Å². The summed E-state index contributed by atoms with van der Waals surface area (Å²) in [4.78, 5) is 11.8. The van der Waals surface area contributed by atoms with Gasteiger partial charge in [0.05, 0.1) is 5.71 Å². The van der Waals surface area contributed by atoms with Crippen LogP contribution in [0.2, 0.25) is 0 Å². The van der Waals surface area contributed by atoms with Crippen molar-refractivity contribution in [2.45, 2.75) is 6.92 Å². The van der Waals surface area contributed by atoms with Gasteiger partial charge in [-0.05, 0) is 37.3 Å². The molecule has 1 amide bonds. The van der Waals surface area contributed by atoms with Gasteiger partial charge in [-0.1, -0.05) is 12.1 Å². The van der Waals surface area contributed by atoms with E-state index in [1.165, 1.54) is 12.1 Å². The van der Waals surface area contributed by atoms with E-state index in [-0.39, 0.29) is 12.4 Å². The van der Waals surface area contributed by atoms with Crippen LogP contribution in [0.3, 0.4) is 0 Å². The zero-order chi connectivity index (χ0) is 17.6. The second-order valence-corrected chi connectivity index (χ2v) is 5.31. The maximum absolute atomic E-state index is 13.4. The van der Waals surface area contributed by atoms with E-state index >= 15 is 0 Å². The number of hydrazone groups is 1. The van der Waals surface area contributed by atoms with Crippen molar-refractivity contribution >= 4 is 11.6 Å². The Balaban J connectivity index is 1.57. The summed E-state index contributed by atoms with van der Waals surface area (Å²) in [6.07, 6.45) is 0. The van der Waals surface area contributed by atoms with Gasteiger partial charge in [0.25, 0.3) is 5.91 Å². The molecular weight excluding hydrogens is 327 g/mol. The lowest BCUT2D eigenvalue weighted by atomic mass is 10.1. The Bertz CT molecular complexity index is 807. The number of hydrogen-bond acceptors (Lipinski definition) is 5. The third kappa shape index (κ3) is 4.26. The number of amides is 1. The van der Waals surface area contributed by atoms with Crippen molar-refractivity contribution in [2.24, 2.45) is 5.10 Å². The summed E-state index contributed by atoms with van der Waals surface area (Å²) < 4.78 is 29.5. The zero-order valence-corrected chi connectivity index (χ0v) is 13.6. The van der Waals surface area contributed by atoms with Gasteiger partial charge in [-0.25, -0.2) is 9.82 Å². The van der Waals surface area contributed by atoms with Crippen LogP contribution in [-0.4, -0.2) is 31.4 Å². The Labute approximate surface area is 144 Å². The van der Waals surface area contributed by atoms with E-state index in [0.29, 0.717) is 30.4 Å². The van der Waals surface area contributed by atoms with E-state index in [9.17, 15) is 9.18 Å². The molecule has 0 aromatic heterocycles. The molecule has 0 saturated carbocycles. The monoisotopic (exact) mass is 344 g/mol. The summed E-state index contributed by atoms with van der Waals surface area (Å²) in [6.45, 7) is 2.44. The largest absolute Gasteiger partial charge is 0.486 e. The number of nitrogens with zero attached hydrogens (tertiary/aromatic N) is 1. The number of hydrogen-bond donors (Lipinski definition) is 1. The fraction of sp³-hybridized carbons (Fsp3) is 0.222. The molecule has 0 atom stereocenters. The standard InChI is InChI=1S/C18H17FN2O4/c1-12(13-6-7-16-17(10-13)24-9-8-23-16)20-21-18(22)11-25-15-5-3-2-4-14(15)19/h2-7,10H,8-9,11H2,1H3,(H,21,22). The number of benzene rings is 2. The van der Waals surface area contributed by atoms with Gasteiger partial charge < -0.3 is 14.2 Å². The van der Waals surface area contributed by atoms with Crippen LogP contribution in [0.25, 0.3) is 0 Å². The van der Waals surface area contributed by atoms with Crippen molar-refractivity contribution in [1.29, 1.82) is 0 Å². The summed E-state index contributed by atoms with van der Waals surface area (Å²) in [5.41, 5.74) is 3.77. The molecule has 1 aliphatic heterocycles. The topological polar surface area (TPSA) is 69.2 Å². The first-order chi connectivity index (χ1) is 12.1. The van der Waals surface area contributed by atoms with Gasteiger partial charge in [-0.15, -0.1) is 0 Å². The molecule has 2 aromatic carbocycles. The smallest absolute Gasteiger partial charge is 0.277 e. The second kappa shape index (κ2) is 7.65. The van der Waals surface area contributed by atoms with E-state index in [1.54, 1.807) is 31.2 Å². The fourth-order valence-corrected chi connectivity index (χ4v) is 2.22. The zero-order valence-electron chi connectivity index (χ0n) is 13.6. The van der Waals surface area contributed by atoms with Crippen LogP contribution in [0, 0.1) is 5.82 Å². The number of ether oxygens (including phenoxy) is 3. The van der Waals surface area contributed by atoms with Gasteiger partial charge in [-0.3, -0.25) is 4.79 Å². The number of para-hydroxylation sites is 1. The predicted octanol–water partition coefficient (Wildman–Crippen LogP) is 2.52. The molecule has 0 unspecified atom stereocenters. The lowest BCUT2D eigenvalue weighted by Gasteiger charge is -2.18. The average Bonchev–Trinajstić information content (AvgIpc) is 2.65. The maximum atomic E-state index is 13.4. The van der Waals surface area contributed by atoms with Gasteiger partial charge in [0.1, 0.15) is 13.2 Å². The SMILES string of the molecule is CC(=NNC(=O)COc1ccccc1F)c1ccc2c(c1)OCCO2. The Morgan fingerprint density at radius 3 is 2.76 bits per heavy atom. The molecule has 1 aliphatic rings. The minimum absolute atomic E-state index is 0.0187. The molecule has 130 valence electrons. The van der Waals surface area contributed by atoms with Gasteiger partial charge in [0, 0.05) is 5.56 Å². The van der Waals surface area contributed by atoms with Crippen molar-refractivity contribution in [2.75, 3.05) is 19.8 Å². The highest BCUT2D eigenvalue weighted by atomic mass is 19.1. The minimum atomic E-state index is -0.522. The molecule has 1 heterocycles. The molecule has 0 saturated heterocycles. The fourth-order valence-electron chi connectivity index (χ4n) is 2.22. The van der Waals surface area contributed by atoms with Crippen LogP contribution < -0.4 is 19.6 Å². The summed E-state index contributed by atoms with van der Waals surface area (Å²) in [5.74, 6) is 0.342. The number of carbonyl (C=O) groups is 1. The van der Waals surface area contributed by atoms with Crippen molar-refractivity contribution < 1.29 is 23.4 Å². The summed E-state index contributed by atoms with van der Waals surface area (Å²) in [5, 5.41) is 4.02. The minimum Gasteiger partial charge on any atom is -0.486 e. The number of rotatable bonds is 5. The normalized spacial score (nSPS) is 13.3. The molecule has 0 bridgehead atoms. The van der Waals surface area contributed by atoms with E-state index < -0.39 is 11.7 Å². The van der Waals surface area contributed by atoms with Crippen molar-refractivity contribution in [3.05, 3.63) is 53.8 Å². The van der Waals surface area contributed by atoms with Gasteiger partial charge in [0.2, 0.25) is 0 Å². The lowest BCUT2D eigenvalue weighted by Crippen LogP contribution is -2.25. The predicted molar refractivity (Wildman–Crippen MR) is 89.7 cm³/mol. The van der Waals surface area contributed by atoms with Crippen LogP contribution in [0.5, 0.6) is 17.2 Å². The van der Waals surface area contributed by atoms with E-state index in [4.69, 9.17) is 14.2 Å². The molecule has 0 spiro atoms. The van der Waals surface area contributed by atoms with E-state index in [1.807, 2.05) is 6.07 Å². The highest BCUT2D eigenvalue weighted by molar-refractivity contribution is 5.99. The summed E-state index contributed by atoms with van der Waals surface area (Å²) >= 11 is 0. The first-order valence-corrected chi connectivity index (χ1v) is 7.74. The van der Waals surface area contributed by atoms with E-state index in [2.05, 4.69) is 10.5 Å². The van der Waals surface area contributed by atoms with E-state index in [0.717, 1.165) is 5.56 Å². The Morgan fingerprint density at radius 2 is 1.96 bits per heavy atom. The molecule has 25 heavy (non-hydrogen) atoms. The number of carbonyl (C=O) groups excluding carboxylic acids is 1. The molecular formula is C18H17FN2O4. The van der Waals surface area contributed by atoms with Crippen LogP contribution in [0.4, 0.5) is 4.39 Å². The molecule has 0 fully saturated rings. The average molecular weight is 344 g/mol. The lowest BCUT2D eigenvalue weighted by molar-refractivity contribution is -0.123. The van der Waals surface area contributed by atoms with Crippen molar-refractivity contribution in [1.82, 2.24) is 5.43 Å². The number of fused-ring (bicyclic) bond motifs is 1. The van der Waals surface area contributed by atoms with Gasteiger partial charge >= 0.3 is 0 Å². The van der Waals surface area contributed by atoms with Crippen molar-refractivity contribution in [3.8, 4) is 17.2 Å². The molecule has 6 nitrogen and oxygen atoms in total. The van der Waals surface area contributed by atoms with Crippen LogP contribution in [0.1, 0.15) is 12.5 Å². The molecule has 7 heteroatoms. The number of nitrogens with one attached hydrogen (secondary N) is 1. The molecule has 0 aliphatic carbocycles. The Morgan fingerprint density at radius 1 is 1.20 bits per heavy atom. The second-order valence-electron chi connectivity index (χ2n) is 5.31.